The van der Waals surface area contributed by atoms with Gasteiger partial charge in [-0.25, -0.2) is 0 Å². The molecule has 2 fully saturated rings. The molecule has 1 unspecified atom stereocenters. The molecular formula is C17H21N3O3. The molecule has 1 saturated heterocycles. The Balaban J connectivity index is 1.61. The highest BCUT2D eigenvalue weighted by Gasteiger charge is 2.36. The van der Waals surface area contributed by atoms with Crippen LogP contribution in [0.5, 0.6) is 0 Å². The van der Waals surface area contributed by atoms with E-state index in [0.717, 1.165) is 61.4 Å². The Morgan fingerprint density at radius 3 is 2.87 bits per heavy atom. The minimum atomic E-state index is -0.0502. The number of hydrogen-bond acceptors (Lipinski definition) is 5. The second kappa shape index (κ2) is 5.51. The number of carbonyl (C=O) groups excluding carboxylic acids is 1. The topological polar surface area (TPSA) is 72.4 Å². The number of likely N-dealkylation sites (tertiary alicyclic amines) is 1. The highest BCUT2D eigenvalue weighted by molar-refractivity contribution is 5.92. The molecule has 0 aromatic carbocycles. The first-order chi connectivity index (χ1) is 11.2. The van der Waals surface area contributed by atoms with Crippen molar-refractivity contribution in [3.8, 4) is 0 Å². The van der Waals surface area contributed by atoms with Crippen LogP contribution < -0.4 is 0 Å². The van der Waals surface area contributed by atoms with Crippen molar-refractivity contribution in [2.24, 2.45) is 0 Å². The number of rotatable bonds is 4. The third kappa shape index (κ3) is 2.46. The maximum absolute atomic E-state index is 12.9. The first-order valence-corrected chi connectivity index (χ1v) is 8.41. The number of hydrogen-bond donors (Lipinski definition) is 0. The summed E-state index contributed by atoms with van der Waals surface area (Å²) in [6.45, 7) is 4.73. The highest BCUT2D eigenvalue weighted by Crippen LogP contribution is 2.41. The molecule has 1 aliphatic carbocycles. The van der Waals surface area contributed by atoms with Gasteiger partial charge in [0.1, 0.15) is 11.5 Å². The molecule has 3 heterocycles. The normalized spacial score (nSPS) is 21.1. The van der Waals surface area contributed by atoms with E-state index in [9.17, 15) is 4.79 Å². The summed E-state index contributed by atoms with van der Waals surface area (Å²) >= 11 is 0. The Kier molecular flexibility index (Phi) is 3.47. The third-order valence-corrected chi connectivity index (χ3v) is 4.88. The maximum atomic E-state index is 12.9. The van der Waals surface area contributed by atoms with Crippen molar-refractivity contribution in [1.82, 2.24) is 15.2 Å². The van der Waals surface area contributed by atoms with Crippen LogP contribution in [0.4, 0.5) is 0 Å². The quantitative estimate of drug-likeness (QED) is 0.864. The van der Waals surface area contributed by atoms with Gasteiger partial charge in [-0.2, -0.15) is 0 Å². The maximum Gasteiger partial charge on any atom is 0.276 e. The van der Waals surface area contributed by atoms with Crippen LogP contribution in [0.15, 0.2) is 15.1 Å². The Morgan fingerprint density at radius 1 is 1.30 bits per heavy atom. The van der Waals surface area contributed by atoms with Crippen LogP contribution in [0.1, 0.15) is 77.8 Å². The van der Waals surface area contributed by atoms with Gasteiger partial charge in [-0.1, -0.05) is 17.2 Å². The summed E-state index contributed by atoms with van der Waals surface area (Å²) in [5.41, 5.74) is 2.38. The van der Waals surface area contributed by atoms with Gasteiger partial charge in [-0.05, 0) is 32.6 Å². The summed E-state index contributed by atoms with van der Waals surface area (Å²) in [4.78, 5) is 14.8. The number of aryl methyl sites for hydroxylation is 2. The van der Waals surface area contributed by atoms with E-state index in [-0.39, 0.29) is 11.9 Å². The van der Waals surface area contributed by atoms with Crippen molar-refractivity contribution in [1.29, 1.82) is 0 Å². The molecule has 1 amide bonds. The molecule has 6 heteroatoms. The summed E-state index contributed by atoms with van der Waals surface area (Å²) in [5, 5.41) is 8.08. The summed E-state index contributed by atoms with van der Waals surface area (Å²) in [7, 11) is 0. The molecule has 2 aromatic heterocycles. The Bertz CT molecular complexity index is 729. The molecule has 0 spiro atoms. The Hall–Kier alpha value is -2.11. The van der Waals surface area contributed by atoms with Crippen molar-refractivity contribution < 1.29 is 13.8 Å². The first-order valence-electron chi connectivity index (χ1n) is 8.41. The smallest absolute Gasteiger partial charge is 0.276 e. The van der Waals surface area contributed by atoms with Crippen LogP contribution in [0, 0.1) is 6.92 Å². The molecule has 0 bridgehead atoms. The van der Waals surface area contributed by atoms with Crippen molar-refractivity contribution in [3.63, 3.8) is 0 Å². The van der Waals surface area contributed by atoms with Crippen LogP contribution in [0.25, 0.3) is 0 Å². The molecule has 2 aliphatic rings. The third-order valence-electron chi connectivity index (χ3n) is 4.88. The van der Waals surface area contributed by atoms with Crippen LogP contribution in [0.2, 0.25) is 0 Å². The zero-order valence-corrected chi connectivity index (χ0v) is 13.5. The average Bonchev–Trinajstić information content (AvgIpc) is 2.99. The summed E-state index contributed by atoms with van der Waals surface area (Å²) in [5.74, 6) is 2.14. The predicted molar refractivity (Wildman–Crippen MR) is 82.1 cm³/mol. The van der Waals surface area contributed by atoms with E-state index in [2.05, 4.69) is 10.3 Å². The van der Waals surface area contributed by atoms with Crippen molar-refractivity contribution >= 4 is 5.91 Å². The number of nitrogens with zero attached hydrogens (tertiary/aromatic N) is 3. The lowest BCUT2D eigenvalue weighted by Crippen LogP contribution is -2.31. The van der Waals surface area contributed by atoms with Gasteiger partial charge in [0.05, 0.1) is 11.7 Å². The fourth-order valence-electron chi connectivity index (χ4n) is 3.51. The van der Waals surface area contributed by atoms with Crippen LogP contribution in [-0.4, -0.2) is 27.7 Å². The van der Waals surface area contributed by atoms with Crippen molar-refractivity contribution in [3.05, 3.63) is 34.5 Å². The van der Waals surface area contributed by atoms with E-state index in [1.165, 1.54) is 0 Å². The van der Waals surface area contributed by atoms with E-state index < -0.39 is 0 Å². The molecule has 1 aliphatic heterocycles. The lowest BCUT2D eigenvalue weighted by atomic mass is 10.0. The van der Waals surface area contributed by atoms with Gasteiger partial charge in [-0.3, -0.25) is 4.79 Å². The van der Waals surface area contributed by atoms with Gasteiger partial charge in [0.15, 0.2) is 5.69 Å². The molecule has 6 nitrogen and oxygen atoms in total. The second-order valence-corrected chi connectivity index (χ2v) is 6.50. The zero-order valence-electron chi connectivity index (χ0n) is 13.5. The van der Waals surface area contributed by atoms with Crippen LogP contribution in [0.3, 0.4) is 0 Å². The molecular weight excluding hydrogens is 294 g/mol. The van der Waals surface area contributed by atoms with E-state index >= 15 is 0 Å². The molecule has 23 heavy (non-hydrogen) atoms. The van der Waals surface area contributed by atoms with E-state index in [1.807, 2.05) is 24.8 Å². The van der Waals surface area contributed by atoms with Crippen LogP contribution >= 0.6 is 0 Å². The van der Waals surface area contributed by atoms with Gasteiger partial charge in [0, 0.05) is 30.5 Å². The second-order valence-electron chi connectivity index (χ2n) is 6.50. The largest absolute Gasteiger partial charge is 0.361 e. The standard InChI is InChI=1S/C17H21N3O3/c1-3-14-16(10(2)18-22-14)13-5-4-8-20(13)17(21)12-9-15(23-19-12)11-6-7-11/h9,11,13H,3-8H2,1-2H3. The first kappa shape index (κ1) is 14.5. The minimum absolute atomic E-state index is 0.0322. The summed E-state index contributed by atoms with van der Waals surface area (Å²) in [6.07, 6.45) is 4.97. The predicted octanol–water partition coefficient (Wildman–Crippen LogP) is 3.39. The van der Waals surface area contributed by atoms with Gasteiger partial charge in [-0.15, -0.1) is 0 Å². The summed E-state index contributed by atoms with van der Waals surface area (Å²) in [6, 6.07) is 1.85. The van der Waals surface area contributed by atoms with E-state index in [1.54, 1.807) is 0 Å². The molecule has 0 radical (unpaired) electrons. The average molecular weight is 315 g/mol. The van der Waals surface area contributed by atoms with E-state index in [4.69, 9.17) is 9.05 Å². The van der Waals surface area contributed by atoms with Gasteiger partial charge in [0.2, 0.25) is 0 Å². The Morgan fingerprint density at radius 2 is 2.13 bits per heavy atom. The minimum Gasteiger partial charge on any atom is -0.361 e. The van der Waals surface area contributed by atoms with Crippen molar-refractivity contribution in [2.75, 3.05) is 6.54 Å². The molecule has 122 valence electrons. The van der Waals surface area contributed by atoms with Gasteiger partial charge >= 0.3 is 0 Å². The fraction of sp³-hybridized carbons (Fsp3) is 0.588. The number of amides is 1. The summed E-state index contributed by atoms with van der Waals surface area (Å²) < 4.78 is 10.7. The van der Waals surface area contributed by atoms with E-state index in [0.29, 0.717) is 11.6 Å². The SMILES string of the molecule is CCc1onc(C)c1C1CCCN1C(=O)c1cc(C2CC2)on1. The molecule has 0 N–H and O–H groups in total. The zero-order chi connectivity index (χ0) is 16.0. The molecule has 1 atom stereocenters. The molecule has 1 saturated carbocycles. The fourth-order valence-corrected chi connectivity index (χ4v) is 3.51. The lowest BCUT2D eigenvalue weighted by Gasteiger charge is -2.24. The van der Waals surface area contributed by atoms with Gasteiger partial charge in [0.25, 0.3) is 5.91 Å². The van der Waals surface area contributed by atoms with Crippen molar-refractivity contribution in [2.45, 2.75) is 57.9 Å². The van der Waals surface area contributed by atoms with Gasteiger partial charge < -0.3 is 13.9 Å². The number of carbonyl (C=O) groups is 1. The number of aromatic nitrogens is 2. The molecule has 2 aromatic rings. The Labute approximate surface area is 134 Å². The molecule has 4 rings (SSSR count). The lowest BCUT2D eigenvalue weighted by molar-refractivity contribution is 0.0724. The highest BCUT2D eigenvalue weighted by atomic mass is 16.5. The monoisotopic (exact) mass is 315 g/mol. The van der Waals surface area contributed by atoms with Crippen LogP contribution in [-0.2, 0) is 6.42 Å².